The van der Waals surface area contributed by atoms with E-state index in [0.717, 1.165) is 0 Å². The molecule has 0 fully saturated rings. The summed E-state index contributed by atoms with van der Waals surface area (Å²) in [6, 6.07) is 1.75. The first kappa shape index (κ1) is 18.0. The zero-order valence-corrected chi connectivity index (χ0v) is 11.2. The number of rotatable bonds is 0. The Morgan fingerprint density at radius 3 is 1.31 bits per heavy atom. The second-order valence-electron chi connectivity index (χ2n) is 2.37. The number of hydrogen-bond donors (Lipinski definition) is 0. The average molecular weight is 443 g/mol. The van der Waals surface area contributed by atoms with Crippen LogP contribution in [0.1, 0.15) is 6.92 Å². The minimum atomic E-state index is -10.7. The molecule has 0 bridgehead atoms. The van der Waals surface area contributed by atoms with E-state index in [-0.39, 0.29) is 0 Å². The van der Waals surface area contributed by atoms with Crippen molar-refractivity contribution < 1.29 is 44.1 Å². The molecule has 0 saturated carbocycles. The van der Waals surface area contributed by atoms with Gasteiger partial charge in [-0.3, -0.25) is 0 Å². The molecule has 0 amide bonds. The number of hydrogen-bond acceptors (Lipinski definition) is 1. The van der Waals surface area contributed by atoms with Gasteiger partial charge in [0.1, 0.15) is 0 Å². The molecule has 1 aliphatic rings. The van der Waals surface area contributed by atoms with Crippen molar-refractivity contribution in [3.63, 3.8) is 0 Å². The van der Waals surface area contributed by atoms with Crippen molar-refractivity contribution in [2.75, 3.05) is 0 Å². The summed E-state index contributed by atoms with van der Waals surface area (Å²) in [7, 11) is -10.7. The van der Waals surface area contributed by atoms with Gasteiger partial charge < -0.3 is 0 Å². The molecule has 0 atom stereocenters. The predicted molar refractivity (Wildman–Crippen MR) is 46.9 cm³/mol. The summed E-state index contributed by atoms with van der Waals surface area (Å²) >= 11 is 2.17. The maximum atomic E-state index is 9.87. The zero-order valence-electron chi connectivity index (χ0n) is 7.88. The molecule has 0 radical (unpaired) electrons. The van der Waals surface area contributed by atoms with Crippen LogP contribution in [0.15, 0.2) is 24.3 Å². The zero-order chi connectivity index (χ0) is 13.5. The van der Waals surface area contributed by atoms with Gasteiger partial charge in [0.05, 0.1) is 6.07 Å². The third-order valence-corrected chi connectivity index (χ3v) is 1.61. The molecular formula is C7H8F6IrNP-. The summed E-state index contributed by atoms with van der Waals surface area (Å²) in [5, 5.41) is 7.32. The van der Waals surface area contributed by atoms with Gasteiger partial charge in [0.2, 0.25) is 0 Å². The van der Waals surface area contributed by atoms with Crippen LogP contribution in [0.3, 0.4) is 0 Å². The summed E-state index contributed by atoms with van der Waals surface area (Å²) < 4.78 is 59.9. The van der Waals surface area contributed by atoms with E-state index in [1.165, 1.54) is 6.92 Å². The van der Waals surface area contributed by atoms with Gasteiger partial charge in [-0.25, -0.2) is 0 Å². The van der Waals surface area contributed by atoms with E-state index in [4.69, 9.17) is 5.26 Å². The summed E-state index contributed by atoms with van der Waals surface area (Å²) in [6.07, 6.45) is 8.48. The van der Waals surface area contributed by atoms with Crippen LogP contribution in [0, 0.1) is 11.3 Å². The van der Waals surface area contributed by atoms with Crippen LogP contribution in [0.5, 0.6) is 0 Å². The van der Waals surface area contributed by atoms with Crippen LogP contribution in [0.2, 0.25) is 4.43 Å². The van der Waals surface area contributed by atoms with E-state index < -0.39 is 7.81 Å². The van der Waals surface area contributed by atoms with E-state index in [1.807, 2.05) is 0 Å². The van der Waals surface area contributed by atoms with E-state index in [0.29, 0.717) is 4.43 Å². The molecule has 0 aromatic rings. The monoisotopic (exact) mass is 444 g/mol. The van der Waals surface area contributed by atoms with Gasteiger partial charge in [-0.2, -0.15) is 5.26 Å². The van der Waals surface area contributed by atoms with E-state index in [9.17, 15) is 25.2 Å². The van der Waals surface area contributed by atoms with Crippen LogP contribution >= 0.6 is 7.81 Å². The molecule has 1 rings (SSSR count). The second-order valence-corrected chi connectivity index (χ2v) is 5.88. The first-order valence-electron chi connectivity index (χ1n) is 3.60. The minimum absolute atomic E-state index is 0.685. The molecule has 9 heteroatoms. The Hall–Kier alpha value is -0.371. The van der Waals surface area contributed by atoms with Crippen LogP contribution in [0.25, 0.3) is 0 Å². The Morgan fingerprint density at radius 1 is 1.06 bits per heavy atom. The average Bonchev–Trinajstić information content (AvgIpc) is 2.33. The topological polar surface area (TPSA) is 23.8 Å². The summed E-state index contributed by atoms with van der Waals surface area (Å²) in [4.78, 5) is 0. The first-order chi connectivity index (χ1) is 6.76. The third-order valence-electron chi connectivity index (χ3n) is 0.684. The van der Waals surface area contributed by atoms with Crippen molar-refractivity contribution in [3.8, 4) is 6.07 Å². The molecule has 0 saturated heterocycles. The fourth-order valence-electron chi connectivity index (χ4n) is 0.395. The summed E-state index contributed by atoms with van der Waals surface area (Å²) in [6.45, 7) is 1.43. The van der Waals surface area contributed by atoms with Gasteiger partial charge in [0, 0.05) is 6.92 Å². The van der Waals surface area contributed by atoms with Gasteiger partial charge in [0.15, 0.2) is 0 Å². The van der Waals surface area contributed by atoms with Crippen molar-refractivity contribution in [2.45, 2.75) is 11.4 Å². The Balaban J connectivity index is 0. The van der Waals surface area contributed by atoms with E-state index in [2.05, 4.69) is 43.2 Å². The quantitative estimate of drug-likeness (QED) is 0.365. The fraction of sp³-hybridized carbons (Fsp3) is 0.286. The van der Waals surface area contributed by atoms with Gasteiger partial charge in [0.25, 0.3) is 0 Å². The molecule has 98 valence electrons. The number of nitrogens with zero attached hydrogens (tertiary/aromatic N) is 1. The normalized spacial score (nSPS) is 18.2. The van der Waals surface area contributed by atoms with E-state index in [1.54, 1.807) is 6.07 Å². The molecule has 0 aromatic carbocycles. The Kier molecular flexibility index (Phi) is 5.97. The van der Waals surface area contributed by atoms with Crippen molar-refractivity contribution in [1.82, 2.24) is 0 Å². The molecule has 0 aromatic heterocycles. The van der Waals surface area contributed by atoms with Crippen molar-refractivity contribution in [2.24, 2.45) is 0 Å². The molecule has 1 nitrogen and oxygen atoms in total. The van der Waals surface area contributed by atoms with Gasteiger partial charge in [-0.1, -0.05) is 0 Å². The second kappa shape index (κ2) is 5.31. The molecular weight excluding hydrogens is 435 g/mol. The maximum absolute atomic E-state index is 10.7. The molecule has 0 unspecified atom stereocenters. The van der Waals surface area contributed by atoms with Crippen molar-refractivity contribution >= 4 is 7.81 Å². The molecule has 0 heterocycles. The van der Waals surface area contributed by atoms with Crippen molar-refractivity contribution in [3.05, 3.63) is 24.3 Å². The van der Waals surface area contributed by atoms with Crippen molar-refractivity contribution in [1.29, 1.82) is 5.26 Å². The Morgan fingerprint density at radius 2 is 1.25 bits per heavy atom. The van der Waals surface area contributed by atoms with Gasteiger partial charge in [-0.05, 0) is 0 Å². The standard InChI is InChI=1S/C5H5.C2H3N.F6P.Ir/c1-2-4-5-3-1;1-2-3;1-7(2,3,4,5)6;/h1-5H;1H3;;/q;;-1;. The third kappa shape index (κ3) is 49.5. The summed E-state index contributed by atoms with van der Waals surface area (Å²) in [5.74, 6) is 0. The molecule has 0 N–H and O–H groups in total. The molecule has 1 aliphatic carbocycles. The van der Waals surface area contributed by atoms with Gasteiger partial charge >= 0.3 is 80.6 Å². The Bertz CT molecular complexity index is 287. The predicted octanol–water partition coefficient (Wildman–Crippen LogP) is 5.36. The van der Waals surface area contributed by atoms with Crippen LogP contribution in [0.4, 0.5) is 25.2 Å². The molecule has 16 heavy (non-hydrogen) atoms. The number of allylic oxidation sites excluding steroid dienone is 4. The summed E-state index contributed by atoms with van der Waals surface area (Å²) in [5.41, 5.74) is 0. The number of halogens is 6. The first-order valence-corrected chi connectivity index (χ1v) is 7.01. The van der Waals surface area contributed by atoms with Gasteiger partial charge in [-0.15, -0.1) is 0 Å². The van der Waals surface area contributed by atoms with Crippen LogP contribution in [-0.2, 0) is 18.9 Å². The molecule has 0 spiro atoms. The van der Waals surface area contributed by atoms with E-state index >= 15 is 0 Å². The van der Waals surface area contributed by atoms with Crippen LogP contribution in [-0.4, -0.2) is 0 Å². The SMILES string of the molecule is CC#N.F[P-](F)(F)(F)(F)F.[Ir][CH]1C=CC=C1. The van der Waals surface area contributed by atoms with Crippen LogP contribution < -0.4 is 0 Å². The molecule has 0 aliphatic heterocycles. The number of nitriles is 1. The fourth-order valence-corrected chi connectivity index (χ4v) is 0.927. The Labute approximate surface area is 99.2 Å².